The van der Waals surface area contributed by atoms with Crippen molar-refractivity contribution in [1.29, 1.82) is 0 Å². The van der Waals surface area contributed by atoms with Crippen LogP contribution in [-0.4, -0.2) is 18.7 Å². The molecule has 1 N–H and O–H groups in total. The third-order valence-electron chi connectivity index (χ3n) is 4.36. The van der Waals surface area contributed by atoms with Crippen LogP contribution < -0.4 is 10.2 Å². The van der Waals surface area contributed by atoms with Crippen molar-refractivity contribution in [1.82, 2.24) is 5.43 Å². The van der Waals surface area contributed by atoms with Crippen LogP contribution in [0.2, 0.25) is 0 Å². The van der Waals surface area contributed by atoms with Crippen LogP contribution in [0.4, 0.5) is 0 Å². The number of benzene rings is 1. The predicted molar refractivity (Wildman–Crippen MR) is 77.7 cm³/mol. The highest BCUT2D eigenvalue weighted by molar-refractivity contribution is 5.91. The zero-order valence-corrected chi connectivity index (χ0v) is 11.8. The summed E-state index contributed by atoms with van der Waals surface area (Å²) in [6, 6.07) is 7.54. The van der Waals surface area contributed by atoms with Crippen LogP contribution >= 0.6 is 0 Å². The first kappa shape index (κ1) is 13.2. The van der Waals surface area contributed by atoms with E-state index in [-0.39, 0.29) is 5.91 Å². The Morgan fingerprint density at radius 2 is 2.15 bits per heavy atom. The molecule has 2 saturated carbocycles. The van der Waals surface area contributed by atoms with E-state index in [4.69, 9.17) is 4.74 Å². The predicted octanol–water partition coefficient (Wildman–Crippen LogP) is 2.53. The van der Waals surface area contributed by atoms with Gasteiger partial charge in [-0.05, 0) is 55.2 Å². The highest BCUT2D eigenvalue weighted by Crippen LogP contribution is 2.42. The largest absolute Gasteiger partial charge is 0.497 e. The molecule has 0 aromatic heterocycles. The van der Waals surface area contributed by atoms with Gasteiger partial charge in [0, 0.05) is 5.71 Å². The first-order valence-corrected chi connectivity index (χ1v) is 7.23. The van der Waals surface area contributed by atoms with Gasteiger partial charge in [0.15, 0.2) is 0 Å². The van der Waals surface area contributed by atoms with Crippen molar-refractivity contribution >= 4 is 11.6 Å². The van der Waals surface area contributed by atoms with Gasteiger partial charge in [0.2, 0.25) is 5.91 Å². The van der Waals surface area contributed by atoms with E-state index in [1.807, 2.05) is 24.3 Å². The summed E-state index contributed by atoms with van der Waals surface area (Å²) >= 11 is 0. The fourth-order valence-electron chi connectivity index (χ4n) is 3.26. The summed E-state index contributed by atoms with van der Waals surface area (Å²) in [5, 5.41) is 4.33. The number of carbonyl (C=O) groups excluding carboxylic acids is 1. The molecule has 0 aliphatic heterocycles. The van der Waals surface area contributed by atoms with E-state index >= 15 is 0 Å². The monoisotopic (exact) mass is 272 g/mol. The van der Waals surface area contributed by atoms with Crippen LogP contribution in [-0.2, 0) is 11.2 Å². The number of methoxy groups -OCH3 is 1. The van der Waals surface area contributed by atoms with Gasteiger partial charge in [0.1, 0.15) is 5.75 Å². The molecule has 1 aromatic carbocycles. The Hall–Kier alpha value is -1.84. The number of nitrogens with one attached hydrogen (secondary N) is 1. The van der Waals surface area contributed by atoms with E-state index in [2.05, 4.69) is 10.5 Å². The van der Waals surface area contributed by atoms with Crippen LogP contribution in [0.1, 0.15) is 31.2 Å². The standard InChI is InChI=1S/C16H20N2O2/c1-20-14-6-3-11(4-7-14)10-16(19)18-17-15-9-12-2-5-13(15)8-12/h3-4,6-7,12-13H,2,5,8-10H2,1H3,(H,18,19). The quantitative estimate of drug-likeness (QED) is 0.856. The van der Waals surface area contributed by atoms with E-state index in [1.54, 1.807) is 7.11 Å². The molecule has 2 atom stereocenters. The molecule has 3 rings (SSSR count). The van der Waals surface area contributed by atoms with Crippen molar-refractivity contribution in [2.45, 2.75) is 32.1 Å². The second kappa shape index (κ2) is 5.65. The van der Waals surface area contributed by atoms with E-state index in [9.17, 15) is 4.79 Å². The lowest BCUT2D eigenvalue weighted by atomic mass is 9.99. The normalized spacial score (nSPS) is 25.9. The maximum atomic E-state index is 11.9. The van der Waals surface area contributed by atoms with Crippen molar-refractivity contribution in [3.8, 4) is 5.75 Å². The highest BCUT2D eigenvalue weighted by atomic mass is 16.5. The van der Waals surface area contributed by atoms with Crippen LogP contribution in [0.15, 0.2) is 29.4 Å². The summed E-state index contributed by atoms with van der Waals surface area (Å²) in [5.41, 5.74) is 4.87. The van der Waals surface area contributed by atoms with Crippen molar-refractivity contribution in [2.24, 2.45) is 16.9 Å². The third kappa shape index (κ3) is 2.84. The third-order valence-corrected chi connectivity index (χ3v) is 4.36. The van der Waals surface area contributed by atoms with Gasteiger partial charge in [-0.1, -0.05) is 12.1 Å². The fraction of sp³-hybridized carbons (Fsp3) is 0.500. The van der Waals surface area contributed by atoms with Crippen molar-refractivity contribution in [3.63, 3.8) is 0 Å². The summed E-state index contributed by atoms with van der Waals surface area (Å²) in [6.07, 6.45) is 5.29. The molecule has 0 spiro atoms. The van der Waals surface area contributed by atoms with Gasteiger partial charge in [-0.15, -0.1) is 0 Å². The molecule has 1 amide bonds. The first-order chi connectivity index (χ1) is 9.74. The smallest absolute Gasteiger partial charge is 0.244 e. The van der Waals surface area contributed by atoms with Crippen LogP contribution in [0.3, 0.4) is 0 Å². The Bertz CT molecular complexity index is 522. The second-order valence-corrected chi connectivity index (χ2v) is 5.74. The minimum absolute atomic E-state index is 0.0505. The molecule has 0 heterocycles. The molecule has 2 unspecified atom stereocenters. The molecule has 106 valence electrons. The number of nitrogens with zero attached hydrogens (tertiary/aromatic N) is 1. The number of fused-ring (bicyclic) bond motifs is 2. The number of hydrazone groups is 1. The van der Waals surface area contributed by atoms with Crippen LogP contribution in [0.5, 0.6) is 5.75 Å². The Morgan fingerprint density at radius 3 is 2.75 bits per heavy atom. The zero-order chi connectivity index (χ0) is 13.9. The van der Waals surface area contributed by atoms with Crippen molar-refractivity contribution in [3.05, 3.63) is 29.8 Å². The van der Waals surface area contributed by atoms with Gasteiger partial charge < -0.3 is 4.74 Å². The Labute approximate surface area is 119 Å². The fourth-order valence-corrected chi connectivity index (χ4v) is 3.26. The van der Waals surface area contributed by atoms with Gasteiger partial charge >= 0.3 is 0 Å². The SMILES string of the molecule is COc1ccc(CC(=O)NN=C2CC3CCC2C3)cc1. The molecular formula is C16H20N2O2. The number of ether oxygens (including phenoxy) is 1. The number of hydrogen-bond donors (Lipinski definition) is 1. The average Bonchev–Trinajstić information content (AvgIpc) is 3.08. The molecular weight excluding hydrogens is 252 g/mol. The molecule has 1 aromatic rings. The Balaban J connectivity index is 1.53. The number of rotatable bonds is 4. The molecule has 0 radical (unpaired) electrons. The molecule has 2 bridgehead atoms. The lowest BCUT2D eigenvalue weighted by Gasteiger charge is -2.11. The Morgan fingerprint density at radius 1 is 1.35 bits per heavy atom. The highest BCUT2D eigenvalue weighted by Gasteiger charge is 2.36. The zero-order valence-electron chi connectivity index (χ0n) is 11.8. The van der Waals surface area contributed by atoms with Gasteiger partial charge in [0.25, 0.3) is 0 Å². The van der Waals surface area contributed by atoms with Gasteiger partial charge in [0.05, 0.1) is 13.5 Å². The molecule has 2 aliphatic rings. The molecule has 0 saturated heterocycles. The van der Waals surface area contributed by atoms with Crippen molar-refractivity contribution in [2.75, 3.05) is 7.11 Å². The Kier molecular flexibility index (Phi) is 3.72. The molecule has 4 nitrogen and oxygen atoms in total. The number of amides is 1. The van der Waals surface area contributed by atoms with E-state index in [0.717, 1.165) is 23.7 Å². The number of carbonyl (C=O) groups is 1. The summed E-state index contributed by atoms with van der Waals surface area (Å²) in [5.74, 6) is 2.19. The summed E-state index contributed by atoms with van der Waals surface area (Å²) in [6.45, 7) is 0. The van der Waals surface area contributed by atoms with Crippen LogP contribution in [0, 0.1) is 11.8 Å². The average molecular weight is 272 g/mol. The van der Waals surface area contributed by atoms with Crippen LogP contribution in [0.25, 0.3) is 0 Å². The summed E-state index contributed by atoms with van der Waals surface area (Å²) < 4.78 is 5.10. The maximum absolute atomic E-state index is 11.9. The maximum Gasteiger partial charge on any atom is 0.244 e. The van der Waals surface area contributed by atoms with E-state index in [0.29, 0.717) is 12.3 Å². The molecule has 4 heteroatoms. The van der Waals surface area contributed by atoms with Crippen molar-refractivity contribution < 1.29 is 9.53 Å². The molecule has 2 aliphatic carbocycles. The first-order valence-electron chi connectivity index (χ1n) is 7.23. The van der Waals surface area contributed by atoms with Gasteiger partial charge in [-0.2, -0.15) is 5.10 Å². The van der Waals surface area contributed by atoms with E-state index in [1.165, 1.54) is 25.0 Å². The molecule has 20 heavy (non-hydrogen) atoms. The minimum atomic E-state index is -0.0505. The van der Waals surface area contributed by atoms with E-state index < -0.39 is 0 Å². The lowest BCUT2D eigenvalue weighted by molar-refractivity contribution is -0.120. The topological polar surface area (TPSA) is 50.7 Å². The van der Waals surface area contributed by atoms with Gasteiger partial charge in [-0.25, -0.2) is 5.43 Å². The lowest BCUT2D eigenvalue weighted by Crippen LogP contribution is -2.23. The summed E-state index contributed by atoms with van der Waals surface area (Å²) in [7, 11) is 1.63. The van der Waals surface area contributed by atoms with Gasteiger partial charge in [-0.3, -0.25) is 4.79 Å². The summed E-state index contributed by atoms with van der Waals surface area (Å²) in [4.78, 5) is 11.9. The molecule has 2 fully saturated rings. The minimum Gasteiger partial charge on any atom is -0.497 e. The number of hydrogen-bond acceptors (Lipinski definition) is 3. The second-order valence-electron chi connectivity index (χ2n) is 5.74.